The van der Waals surface area contributed by atoms with Crippen molar-refractivity contribution in [3.05, 3.63) is 48.0 Å². The van der Waals surface area contributed by atoms with Crippen LogP contribution in [0, 0.1) is 28.6 Å². The number of halogens is 2. The molecule has 0 aliphatic heterocycles. The Hall–Kier alpha value is -2.26. The SMILES string of the molecule is C[C@@H]1C[C@H]2[C@@H]3C[C@H](F)C4=CC(=O)C=C[C@]4(C)C3(F)[C@@H](O)C[C@]2(C)[C@@]1(OC(=O)c1ccco1)C(=O)S. The third kappa shape index (κ3) is 2.88. The van der Waals surface area contributed by atoms with Crippen molar-refractivity contribution in [3.8, 4) is 0 Å². The minimum absolute atomic E-state index is 0.0261. The van der Waals surface area contributed by atoms with Crippen LogP contribution in [0.1, 0.15) is 50.6 Å². The highest BCUT2D eigenvalue weighted by Gasteiger charge is 2.78. The average molecular weight is 507 g/mol. The predicted octanol–water partition coefficient (Wildman–Crippen LogP) is 4.20. The number of furan rings is 1. The van der Waals surface area contributed by atoms with Gasteiger partial charge < -0.3 is 14.3 Å². The van der Waals surface area contributed by atoms with Crippen molar-refractivity contribution in [2.45, 2.75) is 63.6 Å². The molecule has 0 aromatic carbocycles. The van der Waals surface area contributed by atoms with Gasteiger partial charge in [0, 0.05) is 22.7 Å². The molecule has 9 heteroatoms. The lowest BCUT2D eigenvalue weighted by molar-refractivity contribution is -0.221. The number of hydrogen-bond acceptors (Lipinski definition) is 6. The minimum atomic E-state index is -2.29. The highest BCUT2D eigenvalue weighted by molar-refractivity contribution is 7.96. The number of alkyl halides is 2. The number of thiol groups is 1. The van der Waals surface area contributed by atoms with Gasteiger partial charge in [-0.1, -0.05) is 19.9 Å². The number of carbonyl (C=O) groups excluding carboxylic acids is 3. The summed E-state index contributed by atoms with van der Waals surface area (Å²) in [4.78, 5) is 38.0. The van der Waals surface area contributed by atoms with E-state index >= 15 is 8.78 Å². The number of ketones is 1. The molecule has 3 fully saturated rings. The second-order valence-electron chi connectivity index (χ2n) is 10.9. The first-order chi connectivity index (χ1) is 16.3. The van der Waals surface area contributed by atoms with Crippen LogP contribution >= 0.6 is 12.6 Å². The van der Waals surface area contributed by atoms with Crippen LogP contribution in [-0.4, -0.2) is 45.5 Å². The maximum Gasteiger partial charge on any atom is 0.375 e. The van der Waals surface area contributed by atoms with Gasteiger partial charge in [0.25, 0.3) is 0 Å². The number of carbonyl (C=O) groups is 3. The van der Waals surface area contributed by atoms with Crippen molar-refractivity contribution < 1.29 is 37.4 Å². The Bertz CT molecular complexity index is 1160. The Morgan fingerprint density at radius 2 is 1.97 bits per heavy atom. The number of hydrogen-bond donors (Lipinski definition) is 2. The summed E-state index contributed by atoms with van der Waals surface area (Å²) >= 11 is 4.11. The van der Waals surface area contributed by atoms with E-state index in [1.165, 1.54) is 37.5 Å². The van der Waals surface area contributed by atoms with Crippen LogP contribution in [-0.2, 0) is 14.3 Å². The second kappa shape index (κ2) is 7.62. The summed E-state index contributed by atoms with van der Waals surface area (Å²) in [6.45, 7) is 4.93. The lowest BCUT2D eigenvalue weighted by Crippen LogP contribution is -2.70. The van der Waals surface area contributed by atoms with E-state index in [2.05, 4.69) is 12.6 Å². The van der Waals surface area contributed by atoms with E-state index in [1.807, 2.05) is 0 Å². The maximum absolute atomic E-state index is 17.3. The molecule has 1 aromatic heterocycles. The highest BCUT2D eigenvalue weighted by atomic mass is 32.1. The third-order valence-electron chi connectivity index (χ3n) is 9.46. The molecule has 35 heavy (non-hydrogen) atoms. The van der Waals surface area contributed by atoms with E-state index in [0.717, 1.165) is 6.08 Å². The van der Waals surface area contributed by atoms with Crippen LogP contribution < -0.4 is 0 Å². The van der Waals surface area contributed by atoms with Crippen LogP contribution in [0.4, 0.5) is 8.78 Å². The van der Waals surface area contributed by atoms with E-state index < -0.39 is 69.0 Å². The van der Waals surface area contributed by atoms with Gasteiger partial charge in [0.05, 0.1) is 12.4 Å². The largest absolute Gasteiger partial charge is 0.457 e. The molecule has 4 aliphatic carbocycles. The van der Waals surface area contributed by atoms with E-state index in [9.17, 15) is 19.5 Å². The van der Waals surface area contributed by atoms with Crippen molar-refractivity contribution in [2.24, 2.45) is 28.6 Å². The van der Waals surface area contributed by atoms with Crippen molar-refractivity contribution >= 4 is 29.5 Å². The molecule has 9 atom stereocenters. The summed E-state index contributed by atoms with van der Waals surface area (Å²) in [7, 11) is 0. The molecule has 5 rings (SSSR count). The van der Waals surface area contributed by atoms with Crippen LogP contribution in [0.25, 0.3) is 0 Å². The van der Waals surface area contributed by atoms with Gasteiger partial charge in [-0.3, -0.25) is 9.59 Å². The van der Waals surface area contributed by atoms with Gasteiger partial charge in [0.1, 0.15) is 6.17 Å². The van der Waals surface area contributed by atoms with E-state index in [-0.39, 0.29) is 30.6 Å². The summed E-state index contributed by atoms with van der Waals surface area (Å²) in [5.41, 5.74) is -6.80. The standard InChI is InChI=1S/C26H28F2O6S/c1-13-9-15-16-11-18(27)17-10-14(29)6-7-23(17,2)25(16,28)20(30)12-24(15,3)26(13,22(32)35)34-21(31)19-5-4-8-33-19/h4-8,10,13,15-16,18,20,30H,9,11-12H2,1-3H3,(H,32,35)/t13-,15+,16+,18+,20+,23+,24+,25?,26+/m1/s1. The fourth-order valence-corrected chi connectivity index (χ4v) is 8.35. The number of aliphatic hydroxyl groups is 1. The monoisotopic (exact) mass is 506 g/mol. The first kappa shape index (κ1) is 24.4. The van der Waals surface area contributed by atoms with Crippen LogP contribution in [0.15, 0.2) is 46.6 Å². The number of ether oxygens (including phenoxy) is 1. The molecule has 1 N–H and O–H groups in total. The quantitative estimate of drug-likeness (QED) is 0.472. The van der Waals surface area contributed by atoms with Gasteiger partial charge >= 0.3 is 5.97 Å². The van der Waals surface area contributed by atoms with Crippen molar-refractivity contribution in [1.82, 2.24) is 0 Å². The molecule has 0 bridgehead atoms. The fourth-order valence-electron chi connectivity index (χ4n) is 7.83. The van der Waals surface area contributed by atoms with Crippen molar-refractivity contribution in [3.63, 3.8) is 0 Å². The summed E-state index contributed by atoms with van der Waals surface area (Å²) in [6.07, 6.45) is 1.58. The molecular weight excluding hydrogens is 478 g/mol. The van der Waals surface area contributed by atoms with E-state index in [4.69, 9.17) is 9.15 Å². The fraction of sp³-hybridized carbons (Fsp3) is 0.577. The molecule has 0 amide bonds. The molecule has 0 saturated heterocycles. The summed E-state index contributed by atoms with van der Waals surface area (Å²) in [6, 6.07) is 2.91. The van der Waals surface area contributed by atoms with Crippen molar-refractivity contribution in [2.75, 3.05) is 0 Å². The van der Waals surface area contributed by atoms with E-state index in [0.29, 0.717) is 0 Å². The summed E-state index contributed by atoms with van der Waals surface area (Å²) in [5, 5.41) is 10.7. The molecule has 1 heterocycles. The normalized spacial score (nSPS) is 46.3. The molecule has 6 nitrogen and oxygen atoms in total. The summed E-state index contributed by atoms with van der Waals surface area (Å²) < 4.78 is 43.8. The average Bonchev–Trinajstić information content (AvgIpc) is 3.39. The molecule has 188 valence electrons. The van der Waals surface area contributed by atoms with Gasteiger partial charge in [-0.25, -0.2) is 13.6 Å². The third-order valence-corrected chi connectivity index (χ3v) is 9.79. The Labute approximate surface area is 207 Å². The molecule has 4 aliphatic rings. The maximum atomic E-state index is 17.3. The number of aliphatic hydroxyl groups excluding tert-OH is 1. The number of fused-ring (bicyclic) bond motifs is 5. The zero-order chi connectivity index (χ0) is 25.6. The molecule has 1 unspecified atom stereocenters. The first-order valence-corrected chi connectivity index (χ1v) is 12.2. The van der Waals surface area contributed by atoms with Gasteiger partial charge in [-0.05, 0) is 62.0 Å². The smallest absolute Gasteiger partial charge is 0.375 e. The van der Waals surface area contributed by atoms with Crippen LogP contribution in [0.5, 0.6) is 0 Å². The topological polar surface area (TPSA) is 93.8 Å². The highest BCUT2D eigenvalue weighted by Crippen LogP contribution is 2.71. The zero-order valence-corrected chi connectivity index (χ0v) is 20.6. The Kier molecular flexibility index (Phi) is 5.32. The van der Waals surface area contributed by atoms with Gasteiger partial charge in [0.2, 0.25) is 10.9 Å². The Morgan fingerprint density at radius 1 is 1.26 bits per heavy atom. The number of esters is 1. The molecule has 1 aromatic rings. The Balaban J connectivity index is 1.62. The zero-order valence-electron chi connectivity index (χ0n) is 19.7. The van der Waals surface area contributed by atoms with Crippen LogP contribution in [0.2, 0.25) is 0 Å². The second-order valence-corrected chi connectivity index (χ2v) is 11.3. The molecule has 0 radical (unpaired) electrons. The lowest BCUT2D eigenvalue weighted by atomic mass is 9.44. The van der Waals surface area contributed by atoms with Crippen LogP contribution in [0.3, 0.4) is 0 Å². The van der Waals surface area contributed by atoms with Crippen molar-refractivity contribution in [1.29, 1.82) is 0 Å². The molecule has 0 spiro atoms. The number of rotatable bonds is 3. The lowest BCUT2D eigenvalue weighted by Gasteiger charge is -2.63. The van der Waals surface area contributed by atoms with E-state index in [1.54, 1.807) is 13.8 Å². The van der Waals surface area contributed by atoms with Gasteiger partial charge in [-0.15, -0.1) is 12.6 Å². The Morgan fingerprint density at radius 3 is 2.60 bits per heavy atom. The number of allylic oxidation sites excluding steroid dienone is 4. The predicted molar refractivity (Wildman–Crippen MR) is 124 cm³/mol. The van der Waals surface area contributed by atoms with Gasteiger partial charge in [-0.2, -0.15) is 0 Å². The molecular formula is C26H28F2O6S. The summed E-state index contributed by atoms with van der Waals surface area (Å²) in [5.74, 6) is -3.57. The molecule has 3 saturated carbocycles. The van der Waals surface area contributed by atoms with Gasteiger partial charge in [0.15, 0.2) is 17.1 Å². The minimum Gasteiger partial charge on any atom is -0.457 e. The first-order valence-electron chi connectivity index (χ1n) is 11.8.